The standard InChI is InChI=1S/C34H46O3S/c1-33(2,37)30-16-9-8-14-28(30)19-20-31(38-25-34(21-22-34)24-32(35)36)29-15-10-13-27(23-29)18-17-26-11-6-4-3-5-7-12-26/h8-10,13-18,23,26,31,37H,3-7,11-12,19-22,24-25H2,1-2H3,(H,35,36)/b18-17+/t31-/m1/s1. The van der Waals surface area contributed by atoms with E-state index in [0.717, 1.165) is 37.0 Å². The molecule has 2 saturated carbocycles. The summed E-state index contributed by atoms with van der Waals surface area (Å²) in [4.78, 5) is 11.5. The van der Waals surface area contributed by atoms with Crippen molar-refractivity contribution in [3.05, 3.63) is 76.9 Å². The Hall–Kier alpha value is -2.04. The quantitative estimate of drug-likeness (QED) is 0.285. The lowest BCUT2D eigenvalue weighted by molar-refractivity contribution is -0.138. The molecule has 2 fully saturated rings. The number of benzene rings is 2. The van der Waals surface area contributed by atoms with Crippen molar-refractivity contribution in [3.8, 4) is 0 Å². The molecule has 0 aliphatic heterocycles. The summed E-state index contributed by atoms with van der Waals surface area (Å²) < 4.78 is 0. The Morgan fingerprint density at radius 1 is 1.05 bits per heavy atom. The van der Waals surface area contributed by atoms with Gasteiger partial charge in [0.05, 0.1) is 12.0 Å². The summed E-state index contributed by atoms with van der Waals surface area (Å²) in [6.45, 7) is 3.71. The number of allylic oxidation sites excluding steroid dienone is 1. The third-order valence-electron chi connectivity index (χ3n) is 8.42. The van der Waals surface area contributed by atoms with Crippen molar-refractivity contribution in [3.63, 3.8) is 0 Å². The normalized spacial score (nSPS) is 19.1. The van der Waals surface area contributed by atoms with E-state index in [2.05, 4.69) is 48.6 Å². The first-order valence-corrected chi connectivity index (χ1v) is 15.7. The minimum Gasteiger partial charge on any atom is -0.481 e. The molecule has 2 aromatic rings. The van der Waals surface area contributed by atoms with Crippen LogP contribution >= 0.6 is 11.8 Å². The summed E-state index contributed by atoms with van der Waals surface area (Å²) in [6, 6.07) is 17.2. The highest BCUT2D eigenvalue weighted by molar-refractivity contribution is 7.99. The van der Waals surface area contributed by atoms with Gasteiger partial charge in [-0.1, -0.05) is 92.8 Å². The summed E-state index contributed by atoms with van der Waals surface area (Å²) in [5.41, 5.74) is 3.86. The molecule has 2 N–H and O–H groups in total. The molecule has 0 spiro atoms. The first-order chi connectivity index (χ1) is 18.2. The number of aliphatic carboxylic acids is 1. The van der Waals surface area contributed by atoms with E-state index in [9.17, 15) is 15.0 Å². The maximum absolute atomic E-state index is 11.5. The molecule has 2 aromatic carbocycles. The lowest BCUT2D eigenvalue weighted by Crippen LogP contribution is -2.18. The Bertz CT molecular complexity index is 1070. The van der Waals surface area contributed by atoms with E-state index in [-0.39, 0.29) is 17.1 Å². The van der Waals surface area contributed by atoms with Crippen molar-refractivity contribution in [1.82, 2.24) is 0 Å². The van der Waals surface area contributed by atoms with Crippen molar-refractivity contribution in [1.29, 1.82) is 0 Å². The molecule has 4 rings (SSSR count). The monoisotopic (exact) mass is 534 g/mol. The Morgan fingerprint density at radius 3 is 2.45 bits per heavy atom. The molecule has 1 atom stereocenters. The van der Waals surface area contributed by atoms with Gasteiger partial charge < -0.3 is 10.2 Å². The van der Waals surface area contributed by atoms with Crippen LogP contribution in [0.3, 0.4) is 0 Å². The highest BCUT2D eigenvalue weighted by atomic mass is 32.2. The van der Waals surface area contributed by atoms with Gasteiger partial charge in [-0.05, 0) is 86.0 Å². The Morgan fingerprint density at radius 2 is 1.76 bits per heavy atom. The summed E-state index contributed by atoms with van der Waals surface area (Å²) in [5, 5.41) is 20.4. The van der Waals surface area contributed by atoms with E-state index in [1.807, 2.05) is 37.7 Å². The molecule has 206 valence electrons. The predicted octanol–water partition coefficient (Wildman–Crippen LogP) is 8.95. The number of rotatable bonds is 12. The smallest absolute Gasteiger partial charge is 0.303 e. The average Bonchev–Trinajstić information content (AvgIpc) is 3.62. The van der Waals surface area contributed by atoms with Gasteiger partial charge in [-0.2, -0.15) is 11.8 Å². The highest BCUT2D eigenvalue weighted by Crippen LogP contribution is 2.53. The van der Waals surface area contributed by atoms with E-state index >= 15 is 0 Å². The zero-order valence-electron chi connectivity index (χ0n) is 23.3. The van der Waals surface area contributed by atoms with Crippen molar-refractivity contribution in [2.24, 2.45) is 11.3 Å². The van der Waals surface area contributed by atoms with Crippen molar-refractivity contribution in [2.45, 2.75) is 102 Å². The van der Waals surface area contributed by atoms with Gasteiger partial charge in [0.1, 0.15) is 0 Å². The molecule has 38 heavy (non-hydrogen) atoms. The van der Waals surface area contributed by atoms with Gasteiger partial charge in [-0.3, -0.25) is 4.79 Å². The average molecular weight is 535 g/mol. The van der Waals surface area contributed by atoms with E-state index in [1.54, 1.807) is 0 Å². The van der Waals surface area contributed by atoms with Crippen LogP contribution in [0.15, 0.2) is 54.6 Å². The van der Waals surface area contributed by atoms with Gasteiger partial charge in [0, 0.05) is 11.0 Å². The summed E-state index contributed by atoms with van der Waals surface area (Å²) >= 11 is 1.93. The van der Waals surface area contributed by atoms with Gasteiger partial charge >= 0.3 is 5.97 Å². The van der Waals surface area contributed by atoms with Gasteiger partial charge in [0.15, 0.2) is 0 Å². The molecule has 4 heteroatoms. The fourth-order valence-electron chi connectivity index (χ4n) is 5.91. The molecule has 0 saturated heterocycles. The maximum Gasteiger partial charge on any atom is 0.303 e. The highest BCUT2D eigenvalue weighted by Gasteiger charge is 2.44. The predicted molar refractivity (Wildman–Crippen MR) is 160 cm³/mol. The van der Waals surface area contributed by atoms with Crippen molar-refractivity contribution >= 4 is 23.8 Å². The number of aliphatic hydroxyl groups is 1. The van der Waals surface area contributed by atoms with Crippen LogP contribution in [0.25, 0.3) is 6.08 Å². The number of carboxylic acid groups (broad SMARTS) is 1. The second-order valence-corrected chi connectivity index (χ2v) is 13.5. The number of carboxylic acids is 1. The van der Waals surface area contributed by atoms with E-state index in [0.29, 0.717) is 5.92 Å². The first-order valence-electron chi connectivity index (χ1n) is 14.7. The molecule has 0 radical (unpaired) electrons. The molecule has 2 aliphatic carbocycles. The van der Waals surface area contributed by atoms with Crippen molar-refractivity contribution < 1.29 is 15.0 Å². The van der Waals surface area contributed by atoms with E-state index < -0.39 is 11.6 Å². The number of aryl methyl sites for hydroxylation is 1. The van der Waals surface area contributed by atoms with Crippen LogP contribution in [-0.4, -0.2) is 21.9 Å². The topological polar surface area (TPSA) is 57.5 Å². The summed E-state index contributed by atoms with van der Waals surface area (Å²) in [7, 11) is 0. The Balaban J connectivity index is 1.50. The van der Waals surface area contributed by atoms with Gasteiger partial charge in [0.25, 0.3) is 0 Å². The molecule has 2 aliphatic rings. The van der Waals surface area contributed by atoms with Crippen LogP contribution in [-0.2, 0) is 16.8 Å². The van der Waals surface area contributed by atoms with E-state index in [4.69, 9.17) is 0 Å². The van der Waals surface area contributed by atoms with Crippen molar-refractivity contribution in [2.75, 3.05) is 5.75 Å². The number of carbonyl (C=O) groups is 1. The summed E-state index contributed by atoms with van der Waals surface area (Å²) in [5.74, 6) is 0.896. The van der Waals surface area contributed by atoms with Crippen LogP contribution in [0.1, 0.15) is 112 Å². The Kier molecular flexibility index (Phi) is 10.2. The second kappa shape index (κ2) is 13.3. The second-order valence-electron chi connectivity index (χ2n) is 12.3. The van der Waals surface area contributed by atoms with Gasteiger partial charge in [-0.25, -0.2) is 0 Å². The first kappa shape index (κ1) is 29.0. The number of hydrogen-bond acceptors (Lipinski definition) is 3. The fraction of sp³-hybridized carbons (Fsp3) is 0.559. The molecule has 0 heterocycles. The zero-order chi connectivity index (χ0) is 27.0. The maximum atomic E-state index is 11.5. The molecule has 3 nitrogen and oxygen atoms in total. The SMILES string of the molecule is CC(C)(O)c1ccccc1CC[C@@H](SCC1(CC(=O)O)CC1)c1cccc(/C=C/C2CCCCCCC2)c1. The molecular weight excluding hydrogens is 488 g/mol. The third kappa shape index (κ3) is 8.74. The molecule has 0 amide bonds. The van der Waals surface area contributed by atoms with Gasteiger partial charge in [-0.15, -0.1) is 0 Å². The molecule has 0 unspecified atom stereocenters. The molecule has 0 bridgehead atoms. The van der Waals surface area contributed by atoms with Crippen LogP contribution in [0.5, 0.6) is 0 Å². The summed E-state index contributed by atoms with van der Waals surface area (Å²) in [6.07, 6.45) is 18.4. The fourth-order valence-corrected chi connectivity index (χ4v) is 7.47. The number of hydrogen-bond donors (Lipinski definition) is 2. The lowest BCUT2D eigenvalue weighted by Gasteiger charge is -2.24. The minimum atomic E-state index is -0.874. The molecular formula is C34H46O3S. The van der Waals surface area contributed by atoms with Gasteiger partial charge in [0.2, 0.25) is 0 Å². The van der Waals surface area contributed by atoms with Crippen LogP contribution < -0.4 is 0 Å². The van der Waals surface area contributed by atoms with Crippen LogP contribution in [0.2, 0.25) is 0 Å². The Labute approximate surface area is 234 Å². The van der Waals surface area contributed by atoms with Crippen LogP contribution in [0, 0.1) is 11.3 Å². The minimum absolute atomic E-state index is 0.0323. The third-order valence-corrected chi connectivity index (χ3v) is 10.1. The lowest BCUT2D eigenvalue weighted by atomic mass is 9.90. The van der Waals surface area contributed by atoms with E-state index in [1.165, 1.54) is 61.6 Å². The largest absolute Gasteiger partial charge is 0.481 e. The molecule has 0 aromatic heterocycles. The number of thioether (sulfide) groups is 1. The van der Waals surface area contributed by atoms with Crippen LogP contribution in [0.4, 0.5) is 0 Å². The zero-order valence-corrected chi connectivity index (χ0v) is 24.1.